The Morgan fingerprint density at radius 3 is 1.82 bits per heavy atom. The molecule has 17 heavy (non-hydrogen) atoms. The second-order valence-corrected chi connectivity index (χ2v) is 3.26. The van der Waals surface area contributed by atoms with E-state index in [-0.39, 0.29) is 4.90 Å². The number of amides is 2. The average molecular weight is 261 g/mol. The number of carbonyl (C=O) groups is 2. The molecule has 2 amide bonds. The zero-order chi connectivity index (χ0) is 13.4. The van der Waals surface area contributed by atoms with E-state index in [1.54, 1.807) is 0 Å². The van der Waals surface area contributed by atoms with E-state index in [4.69, 9.17) is 0 Å². The largest absolute Gasteiger partial charge is 0.425 e. The fourth-order valence-corrected chi connectivity index (χ4v) is 1.12. The lowest BCUT2D eigenvalue weighted by Gasteiger charge is -2.26. The van der Waals surface area contributed by atoms with Crippen LogP contribution in [0.25, 0.3) is 0 Å². The molecule has 1 unspecified atom stereocenters. The second-order valence-electron chi connectivity index (χ2n) is 3.26. The fourth-order valence-electron chi connectivity index (χ4n) is 1.12. The molecule has 0 N–H and O–H groups in total. The van der Waals surface area contributed by atoms with Crippen molar-refractivity contribution in [2.24, 2.45) is 0 Å². The van der Waals surface area contributed by atoms with Gasteiger partial charge in [0.25, 0.3) is 18.0 Å². The summed E-state index contributed by atoms with van der Waals surface area (Å²) in [6.45, 7) is -1.95. The average Bonchev–Trinajstić information content (AvgIpc) is 2.46. The number of imide groups is 1. The maximum Gasteiger partial charge on any atom is 0.425 e. The van der Waals surface area contributed by atoms with Crippen molar-refractivity contribution in [3.05, 3.63) is 12.2 Å². The Morgan fingerprint density at radius 1 is 1.06 bits per heavy atom. The molecule has 0 aromatic rings. The number of carbonyl (C=O) groups excluding carboxylic acids is 2. The lowest BCUT2D eigenvalue weighted by Crippen LogP contribution is -2.50. The fraction of sp³-hybridized carbons (Fsp3) is 0.500. The summed E-state index contributed by atoms with van der Waals surface area (Å²) in [5.41, 5.74) is 0. The standard InChI is InChI=1S/C8H5F6NO2/c9-6(8(12,13)14)7(10,11)3-15-4(16)1-2-5(15)17/h1-2,6H,3H2. The zero-order valence-corrected chi connectivity index (χ0v) is 7.97. The molecule has 0 saturated carbocycles. The van der Waals surface area contributed by atoms with E-state index in [2.05, 4.69) is 0 Å². The number of nitrogens with zero attached hydrogens (tertiary/aromatic N) is 1. The minimum absolute atomic E-state index is 0.154. The van der Waals surface area contributed by atoms with Gasteiger partial charge in [-0.3, -0.25) is 14.5 Å². The lowest BCUT2D eigenvalue weighted by molar-refractivity contribution is -0.246. The van der Waals surface area contributed by atoms with Crippen molar-refractivity contribution in [2.75, 3.05) is 6.54 Å². The van der Waals surface area contributed by atoms with Crippen LogP contribution in [-0.4, -0.2) is 41.5 Å². The van der Waals surface area contributed by atoms with Crippen LogP contribution >= 0.6 is 0 Å². The van der Waals surface area contributed by atoms with Crippen LogP contribution < -0.4 is 0 Å². The molecule has 1 aliphatic heterocycles. The molecule has 1 rings (SSSR count). The van der Waals surface area contributed by atoms with E-state index >= 15 is 0 Å². The summed E-state index contributed by atoms with van der Waals surface area (Å²) in [7, 11) is 0. The molecule has 9 heteroatoms. The van der Waals surface area contributed by atoms with Gasteiger partial charge < -0.3 is 0 Å². The first-order valence-corrected chi connectivity index (χ1v) is 4.18. The highest BCUT2D eigenvalue weighted by Gasteiger charge is 2.58. The van der Waals surface area contributed by atoms with Crippen LogP contribution in [-0.2, 0) is 9.59 Å². The summed E-state index contributed by atoms with van der Waals surface area (Å²) in [4.78, 5) is 21.5. The van der Waals surface area contributed by atoms with Crippen LogP contribution in [0.2, 0.25) is 0 Å². The molecule has 0 aliphatic carbocycles. The van der Waals surface area contributed by atoms with Gasteiger partial charge in [0.15, 0.2) is 0 Å². The normalized spacial score (nSPS) is 19.1. The van der Waals surface area contributed by atoms with Gasteiger partial charge in [0.05, 0.1) is 6.54 Å². The Hall–Kier alpha value is -1.54. The summed E-state index contributed by atoms with van der Waals surface area (Å²) >= 11 is 0. The Morgan fingerprint density at radius 2 is 1.47 bits per heavy atom. The van der Waals surface area contributed by atoms with Crippen LogP contribution in [0, 0.1) is 0 Å². The van der Waals surface area contributed by atoms with Crippen LogP contribution in [0.1, 0.15) is 0 Å². The first-order valence-electron chi connectivity index (χ1n) is 4.18. The number of alkyl halides is 6. The Bertz CT molecular complexity index is 357. The van der Waals surface area contributed by atoms with E-state index < -0.39 is 36.6 Å². The molecule has 0 aromatic heterocycles. The molecule has 0 fully saturated rings. The van der Waals surface area contributed by atoms with E-state index in [0.717, 1.165) is 0 Å². The van der Waals surface area contributed by atoms with Gasteiger partial charge in [-0.05, 0) is 0 Å². The topological polar surface area (TPSA) is 37.4 Å². The van der Waals surface area contributed by atoms with E-state index in [1.165, 1.54) is 0 Å². The van der Waals surface area contributed by atoms with Crippen LogP contribution in [0.4, 0.5) is 26.3 Å². The van der Waals surface area contributed by atoms with E-state index in [9.17, 15) is 35.9 Å². The molecule has 1 atom stereocenters. The number of rotatable bonds is 3. The van der Waals surface area contributed by atoms with Crippen molar-refractivity contribution in [2.45, 2.75) is 18.3 Å². The number of hydrogen-bond acceptors (Lipinski definition) is 2. The van der Waals surface area contributed by atoms with Crippen LogP contribution in [0.5, 0.6) is 0 Å². The van der Waals surface area contributed by atoms with Gasteiger partial charge in [-0.25, -0.2) is 13.2 Å². The molecule has 0 radical (unpaired) electrons. The second kappa shape index (κ2) is 4.04. The van der Waals surface area contributed by atoms with Crippen molar-refractivity contribution >= 4 is 11.8 Å². The van der Waals surface area contributed by atoms with Crippen LogP contribution in [0.15, 0.2) is 12.2 Å². The van der Waals surface area contributed by atoms with Crippen molar-refractivity contribution in [3.8, 4) is 0 Å². The van der Waals surface area contributed by atoms with Crippen molar-refractivity contribution in [1.29, 1.82) is 0 Å². The van der Waals surface area contributed by atoms with E-state index in [0.29, 0.717) is 12.2 Å². The van der Waals surface area contributed by atoms with Crippen molar-refractivity contribution in [3.63, 3.8) is 0 Å². The summed E-state index contributed by atoms with van der Waals surface area (Å²) in [6.07, 6.45) is -8.97. The Kier molecular flexibility index (Phi) is 3.22. The molecule has 1 heterocycles. The lowest BCUT2D eigenvalue weighted by atomic mass is 10.2. The highest BCUT2D eigenvalue weighted by molar-refractivity contribution is 6.12. The first-order chi connectivity index (χ1) is 7.55. The molecule has 0 saturated heterocycles. The van der Waals surface area contributed by atoms with Gasteiger partial charge in [0.2, 0.25) is 0 Å². The minimum atomic E-state index is -5.76. The smallest absolute Gasteiger partial charge is 0.269 e. The third kappa shape index (κ3) is 2.77. The summed E-state index contributed by atoms with van der Waals surface area (Å²) in [5.74, 6) is -7.29. The molecule has 0 spiro atoms. The Labute approximate surface area is 90.7 Å². The highest BCUT2D eigenvalue weighted by atomic mass is 19.4. The maximum absolute atomic E-state index is 12.8. The monoisotopic (exact) mass is 261 g/mol. The number of hydrogen-bond donors (Lipinski definition) is 0. The quantitative estimate of drug-likeness (QED) is 0.569. The van der Waals surface area contributed by atoms with Gasteiger partial charge in [-0.2, -0.15) is 13.2 Å². The molecule has 96 valence electrons. The van der Waals surface area contributed by atoms with Crippen molar-refractivity contribution in [1.82, 2.24) is 4.90 Å². The predicted molar refractivity (Wildman–Crippen MR) is 41.8 cm³/mol. The summed E-state index contributed by atoms with van der Waals surface area (Å²) in [6, 6.07) is 0. The first kappa shape index (κ1) is 13.5. The molecule has 3 nitrogen and oxygen atoms in total. The zero-order valence-electron chi connectivity index (χ0n) is 7.97. The molecular formula is C8H5F6NO2. The highest BCUT2D eigenvalue weighted by Crippen LogP contribution is 2.35. The summed E-state index contributed by atoms with van der Waals surface area (Å²) < 4.78 is 73.4. The molecule has 0 aromatic carbocycles. The molecular weight excluding hydrogens is 256 g/mol. The van der Waals surface area contributed by atoms with Crippen LogP contribution in [0.3, 0.4) is 0 Å². The van der Waals surface area contributed by atoms with Gasteiger partial charge in [-0.1, -0.05) is 0 Å². The minimum Gasteiger partial charge on any atom is -0.269 e. The SMILES string of the molecule is O=C1C=CC(=O)N1CC(F)(F)C(F)C(F)(F)F. The van der Waals surface area contributed by atoms with Gasteiger partial charge in [0.1, 0.15) is 0 Å². The third-order valence-electron chi connectivity index (χ3n) is 1.93. The van der Waals surface area contributed by atoms with Gasteiger partial charge in [0, 0.05) is 12.2 Å². The molecule has 0 bridgehead atoms. The third-order valence-corrected chi connectivity index (χ3v) is 1.93. The predicted octanol–water partition coefficient (Wildman–Crippen LogP) is 1.45. The van der Waals surface area contributed by atoms with Gasteiger partial charge in [-0.15, -0.1) is 0 Å². The maximum atomic E-state index is 12.8. The number of halogens is 6. The summed E-state index contributed by atoms with van der Waals surface area (Å²) in [5, 5.41) is 0. The van der Waals surface area contributed by atoms with E-state index in [1.807, 2.05) is 0 Å². The molecule has 1 aliphatic rings. The van der Waals surface area contributed by atoms with Crippen molar-refractivity contribution < 1.29 is 35.9 Å². The van der Waals surface area contributed by atoms with Gasteiger partial charge >= 0.3 is 12.1 Å². The Balaban J connectivity index is 2.80.